The highest BCUT2D eigenvalue weighted by Gasteiger charge is 2.31. The van der Waals surface area contributed by atoms with Crippen LogP contribution in [0.15, 0.2) is 24.3 Å². The Morgan fingerprint density at radius 3 is 2.95 bits per heavy atom. The highest BCUT2D eigenvalue weighted by molar-refractivity contribution is 5.78. The van der Waals surface area contributed by atoms with Gasteiger partial charge in [-0.2, -0.15) is 0 Å². The largest absolute Gasteiger partial charge is 0.475 e. The molecule has 0 saturated heterocycles. The number of nitrogens with one attached hydrogen (secondary N) is 1. The van der Waals surface area contributed by atoms with Crippen LogP contribution in [0, 0.1) is 5.92 Å². The maximum absolute atomic E-state index is 12.2. The van der Waals surface area contributed by atoms with Crippen molar-refractivity contribution in [3.8, 4) is 5.75 Å². The molecule has 1 heterocycles. The molecular weight excluding hydrogens is 254 g/mol. The fraction of sp³-hybridized carbons (Fsp3) is 0.562. The van der Waals surface area contributed by atoms with E-state index in [1.54, 1.807) is 0 Å². The molecule has 0 spiro atoms. The Morgan fingerprint density at radius 1 is 1.30 bits per heavy atom. The van der Waals surface area contributed by atoms with Crippen molar-refractivity contribution < 1.29 is 14.3 Å². The number of hydrogen-bond donors (Lipinski definition) is 1. The summed E-state index contributed by atoms with van der Waals surface area (Å²) < 4.78 is 11.4. The molecule has 1 aromatic carbocycles. The normalized spacial score (nSPS) is 28.8. The van der Waals surface area contributed by atoms with Gasteiger partial charge in [0.15, 0.2) is 0 Å². The summed E-state index contributed by atoms with van der Waals surface area (Å²) in [4.78, 5) is 12.2. The van der Waals surface area contributed by atoms with Crippen molar-refractivity contribution in [2.24, 2.45) is 5.92 Å². The summed E-state index contributed by atoms with van der Waals surface area (Å²) in [6.45, 7) is 2.63. The van der Waals surface area contributed by atoms with Crippen LogP contribution >= 0.6 is 0 Å². The molecule has 0 radical (unpaired) electrons. The average molecular weight is 275 g/mol. The van der Waals surface area contributed by atoms with Gasteiger partial charge < -0.3 is 14.8 Å². The molecule has 4 nitrogen and oxygen atoms in total. The number of fused-ring (bicyclic) bond motifs is 1. The predicted molar refractivity (Wildman–Crippen MR) is 76.9 cm³/mol. The Kier molecular flexibility index (Phi) is 3.81. The minimum atomic E-state index is -0.543. The molecular formula is C16H21NO3. The van der Waals surface area contributed by atoms with Gasteiger partial charge in [0.2, 0.25) is 6.10 Å². The number of anilines is 1. The van der Waals surface area contributed by atoms with E-state index in [0.29, 0.717) is 12.5 Å². The van der Waals surface area contributed by atoms with Gasteiger partial charge in [0, 0.05) is 0 Å². The Hall–Kier alpha value is -1.71. The zero-order valence-corrected chi connectivity index (χ0v) is 11.8. The lowest BCUT2D eigenvalue weighted by molar-refractivity contribution is -0.161. The summed E-state index contributed by atoms with van der Waals surface area (Å²) >= 11 is 0. The van der Waals surface area contributed by atoms with Gasteiger partial charge in [-0.05, 0) is 37.3 Å². The summed E-state index contributed by atoms with van der Waals surface area (Å²) in [6.07, 6.45) is 4.02. The molecule has 3 unspecified atom stereocenters. The maximum atomic E-state index is 12.2. The molecule has 1 aliphatic carbocycles. The first-order valence-corrected chi connectivity index (χ1v) is 7.44. The molecule has 1 fully saturated rings. The molecule has 1 saturated carbocycles. The van der Waals surface area contributed by atoms with Crippen LogP contribution < -0.4 is 10.1 Å². The second-order valence-electron chi connectivity index (χ2n) is 5.72. The Balaban J connectivity index is 1.61. The van der Waals surface area contributed by atoms with Crippen molar-refractivity contribution in [2.75, 3.05) is 11.9 Å². The van der Waals surface area contributed by atoms with Crippen LogP contribution in [0.25, 0.3) is 0 Å². The van der Waals surface area contributed by atoms with Crippen LogP contribution in [0.4, 0.5) is 5.69 Å². The van der Waals surface area contributed by atoms with Crippen LogP contribution in [0.5, 0.6) is 5.75 Å². The molecule has 1 aliphatic heterocycles. The van der Waals surface area contributed by atoms with Crippen molar-refractivity contribution in [2.45, 2.75) is 44.8 Å². The van der Waals surface area contributed by atoms with Crippen molar-refractivity contribution >= 4 is 11.7 Å². The molecule has 2 aliphatic rings. The summed E-state index contributed by atoms with van der Waals surface area (Å²) in [5.74, 6) is 0.930. The van der Waals surface area contributed by atoms with Crippen molar-refractivity contribution in [1.82, 2.24) is 0 Å². The zero-order chi connectivity index (χ0) is 13.9. The summed E-state index contributed by atoms with van der Waals surface area (Å²) in [5, 5.41) is 3.22. The Labute approximate surface area is 119 Å². The topological polar surface area (TPSA) is 47.6 Å². The number of benzene rings is 1. The molecule has 0 bridgehead atoms. The highest BCUT2D eigenvalue weighted by atomic mass is 16.6. The molecule has 4 heteroatoms. The first-order valence-electron chi connectivity index (χ1n) is 7.44. The van der Waals surface area contributed by atoms with E-state index in [2.05, 4.69) is 12.2 Å². The van der Waals surface area contributed by atoms with E-state index in [1.807, 2.05) is 24.3 Å². The number of para-hydroxylation sites is 2. The molecule has 0 amide bonds. The smallest absolute Gasteiger partial charge is 0.349 e. The van der Waals surface area contributed by atoms with E-state index in [-0.39, 0.29) is 12.1 Å². The highest BCUT2D eigenvalue weighted by Crippen LogP contribution is 2.30. The third kappa shape index (κ3) is 2.74. The predicted octanol–water partition coefficient (Wildman–Crippen LogP) is 2.98. The second-order valence-corrected chi connectivity index (χ2v) is 5.72. The lowest BCUT2D eigenvalue weighted by Gasteiger charge is -2.31. The number of carbonyl (C=O) groups is 1. The van der Waals surface area contributed by atoms with Gasteiger partial charge >= 0.3 is 5.97 Å². The van der Waals surface area contributed by atoms with Gasteiger partial charge in [0.05, 0.1) is 12.2 Å². The first kappa shape index (κ1) is 13.3. The van der Waals surface area contributed by atoms with Crippen LogP contribution in [0.1, 0.15) is 32.6 Å². The first-order chi connectivity index (χ1) is 9.74. The van der Waals surface area contributed by atoms with Crippen LogP contribution in [0.3, 0.4) is 0 Å². The lowest BCUT2D eigenvalue weighted by atomic mass is 9.88. The van der Waals surface area contributed by atoms with Crippen LogP contribution in [-0.4, -0.2) is 24.7 Å². The minimum absolute atomic E-state index is 0.0528. The summed E-state index contributed by atoms with van der Waals surface area (Å²) in [7, 11) is 0. The van der Waals surface area contributed by atoms with Gasteiger partial charge in [-0.25, -0.2) is 4.79 Å². The zero-order valence-electron chi connectivity index (χ0n) is 11.8. The molecule has 3 rings (SSSR count). The molecule has 3 atom stereocenters. The molecule has 20 heavy (non-hydrogen) atoms. The Morgan fingerprint density at radius 2 is 2.10 bits per heavy atom. The fourth-order valence-corrected chi connectivity index (χ4v) is 2.93. The average Bonchev–Trinajstić information content (AvgIpc) is 2.49. The van der Waals surface area contributed by atoms with E-state index >= 15 is 0 Å². The van der Waals surface area contributed by atoms with Gasteiger partial charge in [0.1, 0.15) is 11.9 Å². The molecule has 108 valence electrons. The standard InChI is InChI=1S/C16H21NO3/c1-11-6-2-4-8-13(11)20-16(18)15-10-17-12-7-3-5-9-14(12)19-15/h3,5,7,9,11,13,15,17H,2,4,6,8,10H2,1H3. The van der Waals surface area contributed by atoms with Crippen molar-refractivity contribution in [1.29, 1.82) is 0 Å². The van der Waals surface area contributed by atoms with Gasteiger partial charge in [0.25, 0.3) is 0 Å². The fourth-order valence-electron chi connectivity index (χ4n) is 2.93. The van der Waals surface area contributed by atoms with E-state index in [9.17, 15) is 4.79 Å². The Bertz CT molecular complexity index is 488. The summed E-state index contributed by atoms with van der Waals surface area (Å²) in [5.41, 5.74) is 0.933. The van der Waals surface area contributed by atoms with E-state index in [0.717, 1.165) is 30.7 Å². The third-order valence-electron chi connectivity index (χ3n) is 4.20. The quantitative estimate of drug-likeness (QED) is 0.843. The number of hydrogen-bond acceptors (Lipinski definition) is 4. The number of ether oxygens (including phenoxy) is 2. The van der Waals surface area contributed by atoms with Crippen molar-refractivity contribution in [3.05, 3.63) is 24.3 Å². The molecule has 0 aromatic heterocycles. The maximum Gasteiger partial charge on any atom is 0.349 e. The van der Waals surface area contributed by atoms with Crippen LogP contribution in [0.2, 0.25) is 0 Å². The van der Waals surface area contributed by atoms with E-state index in [4.69, 9.17) is 9.47 Å². The number of esters is 1. The second kappa shape index (κ2) is 5.73. The lowest BCUT2D eigenvalue weighted by Crippen LogP contribution is -2.41. The number of carbonyl (C=O) groups excluding carboxylic acids is 1. The van der Waals surface area contributed by atoms with Crippen LogP contribution in [-0.2, 0) is 9.53 Å². The van der Waals surface area contributed by atoms with Gasteiger partial charge in [-0.1, -0.05) is 25.5 Å². The van der Waals surface area contributed by atoms with Gasteiger partial charge in [-0.3, -0.25) is 0 Å². The van der Waals surface area contributed by atoms with E-state index in [1.165, 1.54) is 6.42 Å². The van der Waals surface area contributed by atoms with Gasteiger partial charge in [-0.15, -0.1) is 0 Å². The molecule has 1 N–H and O–H groups in total. The monoisotopic (exact) mass is 275 g/mol. The van der Waals surface area contributed by atoms with Crippen molar-refractivity contribution in [3.63, 3.8) is 0 Å². The third-order valence-corrected chi connectivity index (χ3v) is 4.20. The summed E-state index contributed by atoms with van der Waals surface area (Å²) in [6, 6.07) is 7.65. The SMILES string of the molecule is CC1CCCCC1OC(=O)C1CNc2ccccc2O1. The number of rotatable bonds is 2. The molecule has 1 aromatic rings. The van der Waals surface area contributed by atoms with E-state index < -0.39 is 6.10 Å². The minimum Gasteiger partial charge on any atom is -0.475 e.